The van der Waals surface area contributed by atoms with E-state index in [4.69, 9.17) is 0 Å². The maximum atomic E-state index is 11.0. The van der Waals surface area contributed by atoms with Crippen molar-refractivity contribution < 1.29 is 4.79 Å². The van der Waals surface area contributed by atoms with E-state index in [2.05, 4.69) is 24.5 Å². The van der Waals surface area contributed by atoms with Crippen molar-refractivity contribution in [1.82, 2.24) is 5.32 Å². The van der Waals surface area contributed by atoms with Gasteiger partial charge in [-0.3, -0.25) is 4.79 Å². The zero-order valence-electron chi connectivity index (χ0n) is 10.2. The number of anilines is 1. The normalized spacial score (nSPS) is 10.8. The number of thiophene rings is 1. The number of carbonyl (C=O) groups excluding carboxylic acids is 1. The molecule has 0 saturated heterocycles. The molecule has 0 aliphatic rings. The number of hydrogen-bond donors (Lipinski definition) is 2. The summed E-state index contributed by atoms with van der Waals surface area (Å²) in [5, 5.41) is 8.23. The van der Waals surface area contributed by atoms with Crippen LogP contribution in [0, 0.1) is 5.92 Å². The molecular weight excluding hydrogens is 220 g/mol. The van der Waals surface area contributed by atoms with Crippen LogP contribution < -0.4 is 10.6 Å². The zero-order chi connectivity index (χ0) is 12.0. The van der Waals surface area contributed by atoms with Crippen molar-refractivity contribution in [2.75, 3.05) is 11.9 Å². The van der Waals surface area contributed by atoms with Crippen LogP contribution >= 0.6 is 11.3 Å². The summed E-state index contributed by atoms with van der Waals surface area (Å²) in [6, 6.07) is 1.95. The van der Waals surface area contributed by atoms with E-state index in [-0.39, 0.29) is 5.91 Å². The van der Waals surface area contributed by atoms with E-state index >= 15 is 0 Å². The first kappa shape index (κ1) is 13.2. The molecule has 0 aliphatic heterocycles. The topological polar surface area (TPSA) is 41.1 Å². The number of rotatable bonds is 6. The van der Waals surface area contributed by atoms with Gasteiger partial charge in [0.25, 0.3) is 0 Å². The fourth-order valence-electron chi connectivity index (χ4n) is 1.37. The lowest BCUT2D eigenvalue weighted by Gasteiger charge is -2.07. The van der Waals surface area contributed by atoms with E-state index in [1.807, 2.05) is 11.4 Å². The largest absolute Gasteiger partial charge is 0.325 e. The smallest absolute Gasteiger partial charge is 0.221 e. The first-order chi connectivity index (χ1) is 7.59. The summed E-state index contributed by atoms with van der Waals surface area (Å²) in [5.74, 6) is 0.715. The maximum absolute atomic E-state index is 11.0. The van der Waals surface area contributed by atoms with Crippen LogP contribution in [0.15, 0.2) is 11.4 Å². The first-order valence-corrected chi connectivity index (χ1v) is 6.52. The van der Waals surface area contributed by atoms with Crippen LogP contribution in [-0.2, 0) is 11.3 Å². The van der Waals surface area contributed by atoms with E-state index in [0.717, 1.165) is 24.7 Å². The van der Waals surface area contributed by atoms with Crippen LogP contribution in [0.25, 0.3) is 0 Å². The average Bonchev–Trinajstić information content (AvgIpc) is 2.59. The van der Waals surface area contributed by atoms with E-state index in [0.29, 0.717) is 0 Å². The van der Waals surface area contributed by atoms with Crippen molar-refractivity contribution in [1.29, 1.82) is 0 Å². The van der Waals surface area contributed by atoms with Crippen LogP contribution in [0.5, 0.6) is 0 Å². The molecule has 0 aliphatic carbocycles. The predicted molar refractivity (Wildman–Crippen MR) is 69.8 cm³/mol. The molecular formula is C12H20N2OS. The molecule has 16 heavy (non-hydrogen) atoms. The molecule has 0 unspecified atom stereocenters. The lowest BCUT2D eigenvalue weighted by Crippen LogP contribution is -2.17. The summed E-state index contributed by atoms with van der Waals surface area (Å²) in [4.78, 5) is 12.1. The van der Waals surface area contributed by atoms with Gasteiger partial charge in [0.05, 0.1) is 5.69 Å². The summed E-state index contributed by atoms with van der Waals surface area (Å²) in [6.45, 7) is 7.83. The molecule has 0 atom stereocenters. The summed E-state index contributed by atoms with van der Waals surface area (Å²) >= 11 is 1.67. The van der Waals surface area contributed by atoms with Gasteiger partial charge >= 0.3 is 0 Å². The fourth-order valence-corrected chi connectivity index (χ4v) is 2.17. The minimum atomic E-state index is -0.0122. The Bertz CT molecular complexity index is 334. The third-order valence-corrected chi connectivity index (χ3v) is 3.16. The monoisotopic (exact) mass is 240 g/mol. The Morgan fingerprint density at radius 1 is 1.50 bits per heavy atom. The number of nitrogens with one attached hydrogen (secondary N) is 2. The lowest BCUT2D eigenvalue weighted by atomic mass is 10.1. The standard InChI is InChI=1S/C12H20N2OS/c1-9(2)4-6-13-8-12-11(5-7-16-12)14-10(3)15/h5,7,9,13H,4,6,8H2,1-3H3,(H,14,15). The molecule has 0 fully saturated rings. The van der Waals surface area contributed by atoms with Gasteiger partial charge in [-0.05, 0) is 30.3 Å². The Kier molecular flexibility index (Phi) is 5.49. The Hall–Kier alpha value is -0.870. The van der Waals surface area contributed by atoms with E-state index in [1.165, 1.54) is 18.2 Å². The fraction of sp³-hybridized carbons (Fsp3) is 0.583. The van der Waals surface area contributed by atoms with Crippen molar-refractivity contribution in [3.8, 4) is 0 Å². The van der Waals surface area contributed by atoms with Gasteiger partial charge < -0.3 is 10.6 Å². The second-order valence-corrected chi connectivity index (χ2v) is 5.30. The highest BCUT2D eigenvalue weighted by Crippen LogP contribution is 2.21. The minimum absolute atomic E-state index is 0.0122. The summed E-state index contributed by atoms with van der Waals surface area (Å²) in [7, 11) is 0. The van der Waals surface area contributed by atoms with Crippen LogP contribution in [0.4, 0.5) is 5.69 Å². The van der Waals surface area contributed by atoms with Gasteiger partial charge in [-0.1, -0.05) is 13.8 Å². The van der Waals surface area contributed by atoms with Crippen molar-refractivity contribution in [2.45, 2.75) is 33.7 Å². The molecule has 90 valence electrons. The summed E-state index contributed by atoms with van der Waals surface area (Å²) in [5.41, 5.74) is 0.939. The Morgan fingerprint density at radius 2 is 2.25 bits per heavy atom. The van der Waals surface area contributed by atoms with Gasteiger partial charge in [0.15, 0.2) is 0 Å². The van der Waals surface area contributed by atoms with Crippen molar-refractivity contribution in [2.24, 2.45) is 5.92 Å². The molecule has 2 N–H and O–H groups in total. The highest BCUT2D eigenvalue weighted by Gasteiger charge is 2.05. The lowest BCUT2D eigenvalue weighted by molar-refractivity contribution is -0.114. The summed E-state index contributed by atoms with van der Waals surface area (Å²) < 4.78 is 0. The van der Waals surface area contributed by atoms with Gasteiger partial charge in [-0.25, -0.2) is 0 Å². The van der Waals surface area contributed by atoms with Crippen LogP contribution in [0.2, 0.25) is 0 Å². The van der Waals surface area contributed by atoms with Gasteiger partial charge in [0.2, 0.25) is 5.91 Å². The van der Waals surface area contributed by atoms with Gasteiger partial charge in [-0.2, -0.15) is 0 Å². The zero-order valence-corrected chi connectivity index (χ0v) is 11.0. The summed E-state index contributed by atoms with van der Waals surface area (Å²) in [6.07, 6.45) is 1.18. The highest BCUT2D eigenvalue weighted by molar-refractivity contribution is 7.10. The Morgan fingerprint density at radius 3 is 2.88 bits per heavy atom. The average molecular weight is 240 g/mol. The van der Waals surface area contributed by atoms with Crippen molar-refractivity contribution in [3.05, 3.63) is 16.3 Å². The second-order valence-electron chi connectivity index (χ2n) is 4.30. The molecule has 0 bridgehead atoms. The number of amides is 1. The van der Waals surface area contributed by atoms with Gasteiger partial charge in [0, 0.05) is 18.3 Å². The molecule has 3 nitrogen and oxygen atoms in total. The molecule has 0 radical (unpaired) electrons. The van der Waals surface area contributed by atoms with Crippen molar-refractivity contribution in [3.63, 3.8) is 0 Å². The third-order valence-electron chi connectivity index (χ3n) is 2.24. The molecule has 0 aromatic carbocycles. The van der Waals surface area contributed by atoms with Crippen LogP contribution in [-0.4, -0.2) is 12.5 Å². The van der Waals surface area contributed by atoms with E-state index < -0.39 is 0 Å². The number of carbonyl (C=O) groups is 1. The van der Waals surface area contributed by atoms with Gasteiger partial charge in [0.1, 0.15) is 0 Å². The maximum Gasteiger partial charge on any atom is 0.221 e. The van der Waals surface area contributed by atoms with E-state index in [1.54, 1.807) is 11.3 Å². The van der Waals surface area contributed by atoms with Gasteiger partial charge in [-0.15, -0.1) is 11.3 Å². The predicted octanol–water partition coefficient (Wildman–Crippen LogP) is 2.84. The quantitative estimate of drug-likeness (QED) is 0.751. The molecule has 1 aromatic heterocycles. The van der Waals surface area contributed by atoms with E-state index in [9.17, 15) is 4.79 Å². The van der Waals surface area contributed by atoms with Crippen LogP contribution in [0.1, 0.15) is 32.1 Å². The first-order valence-electron chi connectivity index (χ1n) is 5.64. The number of hydrogen-bond acceptors (Lipinski definition) is 3. The molecule has 4 heteroatoms. The minimum Gasteiger partial charge on any atom is -0.325 e. The molecule has 1 amide bonds. The molecule has 1 aromatic rings. The van der Waals surface area contributed by atoms with Crippen LogP contribution in [0.3, 0.4) is 0 Å². The molecule has 1 heterocycles. The second kappa shape index (κ2) is 6.66. The SMILES string of the molecule is CC(=O)Nc1ccsc1CNCCC(C)C. The molecule has 0 spiro atoms. The van der Waals surface area contributed by atoms with Crippen molar-refractivity contribution >= 4 is 22.9 Å². The highest BCUT2D eigenvalue weighted by atomic mass is 32.1. The Labute approximate surface area is 101 Å². The third kappa shape index (κ3) is 4.77. The molecule has 0 saturated carbocycles. The Balaban J connectivity index is 2.36. The molecule has 1 rings (SSSR count).